The van der Waals surface area contributed by atoms with E-state index in [0.717, 1.165) is 0 Å². The molecule has 0 N–H and O–H groups in total. The Balaban J connectivity index is 3.48. The van der Waals surface area contributed by atoms with E-state index in [0.29, 0.717) is 6.07 Å². The third-order valence-electron chi connectivity index (χ3n) is 1.87. The van der Waals surface area contributed by atoms with Crippen LogP contribution in [0.15, 0.2) is 6.07 Å². The first-order valence-corrected chi connectivity index (χ1v) is 4.68. The quantitative estimate of drug-likeness (QED) is 0.360. The maximum absolute atomic E-state index is 13.0. The highest BCUT2D eigenvalue weighted by atomic mass is 19.3. The lowest BCUT2D eigenvalue weighted by molar-refractivity contribution is -0.387. The van der Waals surface area contributed by atoms with Crippen LogP contribution in [0, 0.1) is 16.1 Å². The lowest BCUT2D eigenvalue weighted by Crippen LogP contribution is -2.12. The second kappa shape index (κ2) is 5.43. The molecule has 98 valence electrons. The Morgan fingerprint density at radius 2 is 2.22 bits per heavy atom. The van der Waals surface area contributed by atoms with Crippen LogP contribution in [-0.4, -0.2) is 22.5 Å². The number of rotatable bonds is 4. The molecule has 0 aliphatic rings. The van der Waals surface area contributed by atoms with E-state index in [4.69, 9.17) is 0 Å². The summed E-state index contributed by atoms with van der Waals surface area (Å²) in [4.78, 5) is 23.5. The van der Waals surface area contributed by atoms with E-state index in [2.05, 4.69) is 9.72 Å². The monoisotopic (exact) mass is 264 g/mol. The van der Waals surface area contributed by atoms with Gasteiger partial charge >= 0.3 is 11.7 Å². The summed E-state index contributed by atoms with van der Waals surface area (Å²) in [5.41, 5.74) is -3.53. The van der Waals surface area contributed by atoms with Crippen LogP contribution in [0.25, 0.3) is 0 Å². The molecule has 1 heterocycles. The van der Waals surface area contributed by atoms with Gasteiger partial charge in [-0.3, -0.25) is 10.1 Å². The van der Waals surface area contributed by atoms with Crippen LogP contribution in [0.1, 0.15) is 29.4 Å². The number of carbonyl (C=O) groups is 1. The molecule has 0 aromatic carbocycles. The van der Waals surface area contributed by atoms with Gasteiger partial charge in [-0.05, 0) is 6.92 Å². The number of hydrogen-bond acceptors (Lipinski definition) is 5. The van der Waals surface area contributed by atoms with Crippen LogP contribution >= 0.6 is 0 Å². The number of hydrogen-bond donors (Lipinski definition) is 0. The highest BCUT2D eigenvalue weighted by Crippen LogP contribution is 2.31. The third-order valence-corrected chi connectivity index (χ3v) is 1.87. The van der Waals surface area contributed by atoms with Crippen LogP contribution in [0.2, 0.25) is 0 Å². The molecule has 0 aliphatic carbocycles. The Hall–Kier alpha value is -2.19. The van der Waals surface area contributed by atoms with Gasteiger partial charge in [0.1, 0.15) is 5.56 Å². The largest absolute Gasteiger partial charge is 0.462 e. The summed E-state index contributed by atoms with van der Waals surface area (Å²) < 4.78 is 42.4. The molecule has 1 aromatic heterocycles. The molecule has 0 aliphatic heterocycles. The Labute approximate surface area is 98.5 Å². The highest BCUT2D eigenvalue weighted by Gasteiger charge is 2.32. The zero-order valence-electron chi connectivity index (χ0n) is 9.02. The topological polar surface area (TPSA) is 82.3 Å². The lowest BCUT2D eigenvalue weighted by Gasteiger charge is -2.06. The number of pyridine rings is 1. The standard InChI is InChI=1S/C9H7F3N2O4/c1-2-18-9(15)4-3-5(10)13-6(8(11)12)7(4)14(16)17/h3,8H,2H2,1H3. The SMILES string of the molecule is CCOC(=O)c1cc(F)nc(C(F)F)c1[N+](=O)[O-]. The minimum atomic E-state index is -3.38. The van der Waals surface area contributed by atoms with Gasteiger partial charge in [-0.15, -0.1) is 0 Å². The predicted molar refractivity (Wildman–Crippen MR) is 51.8 cm³/mol. The third kappa shape index (κ3) is 2.73. The van der Waals surface area contributed by atoms with Crippen LogP contribution in [0.5, 0.6) is 0 Å². The van der Waals surface area contributed by atoms with Crippen molar-refractivity contribution in [1.29, 1.82) is 0 Å². The van der Waals surface area contributed by atoms with Crippen molar-refractivity contribution in [1.82, 2.24) is 4.98 Å². The zero-order chi connectivity index (χ0) is 13.9. The van der Waals surface area contributed by atoms with Gasteiger partial charge in [-0.2, -0.15) is 4.39 Å². The van der Waals surface area contributed by atoms with Gasteiger partial charge in [0.15, 0.2) is 5.69 Å². The fourth-order valence-electron chi connectivity index (χ4n) is 1.23. The van der Waals surface area contributed by atoms with Crippen LogP contribution in [0.3, 0.4) is 0 Å². The van der Waals surface area contributed by atoms with Gasteiger partial charge in [0.05, 0.1) is 11.5 Å². The number of carbonyl (C=O) groups excluding carboxylic acids is 1. The van der Waals surface area contributed by atoms with E-state index in [-0.39, 0.29) is 6.61 Å². The van der Waals surface area contributed by atoms with E-state index in [1.165, 1.54) is 6.92 Å². The molecule has 0 atom stereocenters. The molecule has 9 heteroatoms. The second-order valence-electron chi connectivity index (χ2n) is 3.00. The van der Waals surface area contributed by atoms with Gasteiger partial charge < -0.3 is 4.74 Å². The van der Waals surface area contributed by atoms with Crippen molar-refractivity contribution in [3.05, 3.63) is 33.4 Å². The summed E-state index contributed by atoms with van der Waals surface area (Å²) in [7, 11) is 0. The average Bonchev–Trinajstić information content (AvgIpc) is 2.27. The van der Waals surface area contributed by atoms with Crippen LogP contribution in [-0.2, 0) is 4.74 Å². The van der Waals surface area contributed by atoms with Gasteiger partial charge in [0, 0.05) is 6.07 Å². The summed E-state index contributed by atoms with van der Waals surface area (Å²) in [6.07, 6.45) is -3.38. The Kier molecular flexibility index (Phi) is 4.18. The molecular formula is C9H7F3N2O4. The Bertz CT molecular complexity index is 493. The van der Waals surface area contributed by atoms with Gasteiger partial charge in [0.2, 0.25) is 5.95 Å². The number of alkyl halides is 2. The Morgan fingerprint density at radius 1 is 1.61 bits per heavy atom. The molecule has 0 saturated carbocycles. The van der Waals surface area contributed by atoms with Crippen molar-refractivity contribution in [2.75, 3.05) is 6.61 Å². The highest BCUT2D eigenvalue weighted by molar-refractivity contribution is 5.94. The second-order valence-corrected chi connectivity index (χ2v) is 3.00. The summed E-state index contributed by atoms with van der Waals surface area (Å²) in [6, 6.07) is 0.391. The predicted octanol–water partition coefficient (Wildman–Crippen LogP) is 2.24. The van der Waals surface area contributed by atoms with Crippen molar-refractivity contribution >= 4 is 11.7 Å². The van der Waals surface area contributed by atoms with Crippen molar-refractivity contribution < 1.29 is 27.6 Å². The number of ether oxygens (including phenoxy) is 1. The molecule has 0 unspecified atom stereocenters. The molecule has 1 aromatic rings. The number of aromatic nitrogens is 1. The normalized spacial score (nSPS) is 10.5. The first-order chi connectivity index (χ1) is 8.38. The molecule has 0 spiro atoms. The summed E-state index contributed by atoms with van der Waals surface area (Å²) in [5, 5.41) is 10.7. The zero-order valence-corrected chi connectivity index (χ0v) is 9.02. The fourth-order valence-corrected chi connectivity index (χ4v) is 1.23. The fraction of sp³-hybridized carbons (Fsp3) is 0.333. The van der Waals surface area contributed by atoms with Crippen molar-refractivity contribution in [3.63, 3.8) is 0 Å². The molecular weight excluding hydrogens is 257 g/mol. The molecule has 6 nitrogen and oxygen atoms in total. The minimum absolute atomic E-state index is 0.135. The maximum Gasteiger partial charge on any atom is 0.345 e. The summed E-state index contributed by atoms with van der Waals surface area (Å²) in [6.45, 7) is 1.28. The van der Waals surface area contributed by atoms with Crippen LogP contribution in [0.4, 0.5) is 18.9 Å². The maximum atomic E-state index is 13.0. The number of esters is 1. The molecule has 0 fully saturated rings. The van der Waals surface area contributed by atoms with E-state index >= 15 is 0 Å². The Morgan fingerprint density at radius 3 is 2.67 bits per heavy atom. The van der Waals surface area contributed by atoms with Crippen LogP contribution < -0.4 is 0 Å². The number of nitrogens with zero attached hydrogens (tertiary/aromatic N) is 2. The molecule has 0 bridgehead atoms. The summed E-state index contributed by atoms with van der Waals surface area (Å²) in [5.74, 6) is -2.67. The average molecular weight is 264 g/mol. The number of halogens is 3. The molecule has 18 heavy (non-hydrogen) atoms. The van der Waals surface area contributed by atoms with Crippen molar-refractivity contribution in [3.8, 4) is 0 Å². The van der Waals surface area contributed by atoms with Gasteiger partial charge in [-0.1, -0.05) is 0 Å². The van der Waals surface area contributed by atoms with Crippen molar-refractivity contribution in [2.45, 2.75) is 13.3 Å². The number of nitro groups is 1. The first-order valence-electron chi connectivity index (χ1n) is 4.68. The molecule has 0 radical (unpaired) electrons. The van der Waals surface area contributed by atoms with Crippen molar-refractivity contribution in [2.24, 2.45) is 0 Å². The smallest absolute Gasteiger partial charge is 0.345 e. The van der Waals surface area contributed by atoms with Gasteiger partial charge in [0.25, 0.3) is 6.43 Å². The van der Waals surface area contributed by atoms with Gasteiger partial charge in [-0.25, -0.2) is 18.6 Å². The van der Waals surface area contributed by atoms with E-state index in [9.17, 15) is 28.1 Å². The van der Waals surface area contributed by atoms with E-state index in [1.807, 2.05) is 0 Å². The lowest BCUT2D eigenvalue weighted by atomic mass is 10.1. The minimum Gasteiger partial charge on any atom is -0.462 e. The van der Waals surface area contributed by atoms with E-state index < -0.39 is 40.2 Å². The molecule has 0 amide bonds. The van der Waals surface area contributed by atoms with E-state index in [1.54, 1.807) is 0 Å². The molecule has 0 saturated heterocycles. The summed E-state index contributed by atoms with van der Waals surface area (Å²) >= 11 is 0. The molecule has 1 rings (SSSR count). The first kappa shape index (κ1) is 13.9.